The van der Waals surface area contributed by atoms with Crippen LogP contribution in [0.5, 0.6) is 0 Å². The lowest BCUT2D eigenvalue weighted by atomic mass is 10.2. The Kier molecular flexibility index (Phi) is 3.93. The van der Waals surface area contributed by atoms with Gasteiger partial charge in [0.2, 0.25) is 0 Å². The molecule has 0 saturated heterocycles. The minimum Gasteiger partial charge on any atom is -0.399 e. The summed E-state index contributed by atoms with van der Waals surface area (Å²) in [4.78, 5) is 1.89. The number of anilines is 1. The second kappa shape index (κ2) is 5.01. The molecule has 1 heterocycles. The van der Waals surface area contributed by atoms with Gasteiger partial charge in [-0.05, 0) is 29.8 Å². The van der Waals surface area contributed by atoms with Crippen LogP contribution in [0.3, 0.4) is 0 Å². The molecule has 0 aliphatic rings. The predicted octanol–water partition coefficient (Wildman–Crippen LogP) is 2.70. The molecule has 0 bridgehead atoms. The lowest BCUT2D eigenvalue weighted by Gasteiger charge is -1.97. The molecule has 0 amide bonds. The van der Waals surface area contributed by atoms with E-state index in [4.69, 9.17) is 16.9 Å². The predicted molar refractivity (Wildman–Crippen MR) is 72.4 cm³/mol. The van der Waals surface area contributed by atoms with Crippen LogP contribution in [0.1, 0.15) is 4.88 Å². The molecule has 5 heteroatoms. The second-order valence-electron chi connectivity index (χ2n) is 3.20. The van der Waals surface area contributed by atoms with Gasteiger partial charge in [-0.25, -0.2) is 0 Å². The van der Waals surface area contributed by atoms with Crippen molar-refractivity contribution in [1.29, 1.82) is 5.41 Å². The average Bonchev–Trinajstić information content (AvgIpc) is 2.68. The third kappa shape index (κ3) is 2.53. The van der Waals surface area contributed by atoms with E-state index in [1.54, 1.807) is 0 Å². The van der Waals surface area contributed by atoms with Crippen LogP contribution in [0.25, 0.3) is 10.4 Å². The number of benzene rings is 1. The first kappa shape index (κ1) is 12.5. The molecule has 0 radical (unpaired) electrons. The van der Waals surface area contributed by atoms with Crippen LogP contribution in [0.4, 0.5) is 5.69 Å². The van der Waals surface area contributed by atoms with Gasteiger partial charge >= 0.3 is 0 Å². The Balaban J connectivity index is 0.00000128. The summed E-state index contributed by atoms with van der Waals surface area (Å²) in [5.74, 6) is 0.113. The Morgan fingerprint density at radius 1 is 1.06 bits per heavy atom. The number of nitrogens with two attached hydrogens (primary N) is 2. The first-order chi connectivity index (χ1) is 7.16. The summed E-state index contributed by atoms with van der Waals surface area (Å²) >= 11 is 1.51. The molecule has 0 unspecified atom stereocenters. The van der Waals surface area contributed by atoms with E-state index in [0.29, 0.717) is 0 Å². The third-order valence-corrected chi connectivity index (χ3v) is 3.23. The number of amidine groups is 1. The maximum Gasteiger partial charge on any atom is 0.133 e. The van der Waals surface area contributed by atoms with Gasteiger partial charge in [-0.3, -0.25) is 5.41 Å². The molecule has 0 aliphatic carbocycles. The number of nitrogen functional groups attached to an aromatic ring is 2. The fraction of sp³-hybridized carbons (Fsp3) is 0. The highest BCUT2D eigenvalue weighted by Crippen LogP contribution is 2.28. The lowest BCUT2D eigenvalue weighted by molar-refractivity contribution is 1.45. The second-order valence-corrected chi connectivity index (χ2v) is 4.28. The first-order valence-corrected chi connectivity index (χ1v) is 5.28. The van der Waals surface area contributed by atoms with E-state index in [-0.39, 0.29) is 18.2 Å². The summed E-state index contributed by atoms with van der Waals surface area (Å²) < 4.78 is 0. The lowest BCUT2D eigenvalue weighted by Crippen LogP contribution is -2.08. The van der Waals surface area contributed by atoms with Crippen molar-refractivity contribution in [3.05, 3.63) is 41.3 Å². The molecule has 2 aromatic rings. The van der Waals surface area contributed by atoms with Gasteiger partial charge in [0.1, 0.15) is 5.84 Å². The van der Waals surface area contributed by atoms with Crippen molar-refractivity contribution in [2.45, 2.75) is 0 Å². The average molecular weight is 254 g/mol. The molecule has 0 spiro atoms. The Morgan fingerprint density at radius 2 is 1.69 bits per heavy atom. The summed E-state index contributed by atoms with van der Waals surface area (Å²) in [6.45, 7) is 0. The molecule has 5 N–H and O–H groups in total. The van der Waals surface area contributed by atoms with Crippen LogP contribution in [0, 0.1) is 5.41 Å². The molecule has 1 aromatic heterocycles. The summed E-state index contributed by atoms with van der Waals surface area (Å²) in [5, 5.41) is 7.31. The smallest absolute Gasteiger partial charge is 0.133 e. The minimum absolute atomic E-state index is 0. The van der Waals surface area contributed by atoms with Gasteiger partial charge in [0, 0.05) is 10.6 Å². The third-order valence-electron chi connectivity index (χ3n) is 2.07. The van der Waals surface area contributed by atoms with Crippen molar-refractivity contribution >= 4 is 35.3 Å². The van der Waals surface area contributed by atoms with Crippen molar-refractivity contribution in [1.82, 2.24) is 0 Å². The molecular weight excluding hydrogens is 242 g/mol. The van der Waals surface area contributed by atoms with Crippen molar-refractivity contribution in [2.75, 3.05) is 5.73 Å². The summed E-state index contributed by atoms with van der Waals surface area (Å²) in [7, 11) is 0. The number of thiophene rings is 1. The molecule has 3 nitrogen and oxygen atoms in total. The van der Waals surface area contributed by atoms with E-state index in [0.717, 1.165) is 21.0 Å². The molecule has 0 aliphatic heterocycles. The highest BCUT2D eigenvalue weighted by Gasteiger charge is 2.04. The van der Waals surface area contributed by atoms with Crippen LogP contribution in [0.15, 0.2) is 36.4 Å². The number of nitrogens with one attached hydrogen (secondary N) is 1. The van der Waals surface area contributed by atoms with Gasteiger partial charge in [0.15, 0.2) is 0 Å². The Labute approximate surface area is 104 Å². The Bertz CT molecular complexity index is 490. The first-order valence-electron chi connectivity index (χ1n) is 4.47. The zero-order valence-electron chi connectivity index (χ0n) is 8.44. The molecule has 16 heavy (non-hydrogen) atoms. The zero-order chi connectivity index (χ0) is 10.8. The SMILES string of the molecule is Cl.N=C(N)c1ccc(-c2ccc(N)cc2)s1. The van der Waals surface area contributed by atoms with Gasteiger partial charge < -0.3 is 11.5 Å². The van der Waals surface area contributed by atoms with Crippen molar-refractivity contribution in [2.24, 2.45) is 5.73 Å². The summed E-state index contributed by atoms with van der Waals surface area (Å²) in [6.07, 6.45) is 0. The number of hydrogen-bond donors (Lipinski definition) is 3. The fourth-order valence-electron chi connectivity index (χ4n) is 1.29. The van der Waals surface area contributed by atoms with E-state index >= 15 is 0 Å². The summed E-state index contributed by atoms with van der Waals surface area (Å²) in [5.41, 5.74) is 12.9. The molecule has 0 saturated carbocycles. The molecule has 0 fully saturated rings. The van der Waals surface area contributed by atoms with Crippen LogP contribution in [0.2, 0.25) is 0 Å². The van der Waals surface area contributed by atoms with Crippen LogP contribution in [-0.4, -0.2) is 5.84 Å². The minimum atomic E-state index is 0. The molecule has 2 rings (SSSR count). The molecule has 0 atom stereocenters. The van der Waals surface area contributed by atoms with Gasteiger partial charge in [-0.15, -0.1) is 23.7 Å². The Hall–Kier alpha value is -1.52. The van der Waals surface area contributed by atoms with E-state index in [9.17, 15) is 0 Å². The highest BCUT2D eigenvalue weighted by molar-refractivity contribution is 7.17. The van der Waals surface area contributed by atoms with E-state index in [1.165, 1.54) is 11.3 Å². The van der Waals surface area contributed by atoms with Gasteiger partial charge in [0.05, 0.1) is 4.88 Å². The van der Waals surface area contributed by atoms with Crippen LogP contribution >= 0.6 is 23.7 Å². The standard InChI is InChI=1S/C11H11N3S.ClH/c12-8-3-1-7(2-4-8)9-5-6-10(15-9)11(13)14;/h1-6H,12H2,(H3,13,14);1H. The van der Waals surface area contributed by atoms with E-state index in [1.807, 2.05) is 36.4 Å². The normalized spacial score (nSPS) is 9.50. The maximum absolute atomic E-state index is 7.31. The quantitative estimate of drug-likeness (QED) is 0.437. The van der Waals surface area contributed by atoms with Crippen molar-refractivity contribution in [3.63, 3.8) is 0 Å². The molecule has 84 valence electrons. The zero-order valence-corrected chi connectivity index (χ0v) is 10.1. The summed E-state index contributed by atoms with van der Waals surface area (Å²) in [6, 6.07) is 11.5. The molecular formula is C11H12ClN3S. The number of hydrogen-bond acceptors (Lipinski definition) is 3. The van der Waals surface area contributed by atoms with Crippen LogP contribution < -0.4 is 11.5 Å². The number of rotatable bonds is 2. The monoisotopic (exact) mass is 253 g/mol. The van der Waals surface area contributed by atoms with Crippen molar-refractivity contribution < 1.29 is 0 Å². The van der Waals surface area contributed by atoms with Crippen LogP contribution in [-0.2, 0) is 0 Å². The Morgan fingerprint density at radius 3 is 2.19 bits per heavy atom. The van der Waals surface area contributed by atoms with Gasteiger partial charge in [-0.2, -0.15) is 0 Å². The largest absolute Gasteiger partial charge is 0.399 e. The highest BCUT2D eigenvalue weighted by atomic mass is 35.5. The fourth-order valence-corrected chi connectivity index (χ4v) is 2.16. The van der Waals surface area contributed by atoms with Gasteiger partial charge in [0.25, 0.3) is 0 Å². The molecule has 1 aromatic carbocycles. The topological polar surface area (TPSA) is 75.9 Å². The van der Waals surface area contributed by atoms with E-state index < -0.39 is 0 Å². The number of halogens is 1. The van der Waals surface area contributed by atoms with Gasteiger partial charge in [-0.1, -0.05) is 12.1 Å². The van der Waals surface area contributed by atoms with Crippen molar-refractivity contribution in [3.8, 4) is 10.4 Å². The van der Waals surface area contributed by atoms with E-state index in [2.05, 4.69) is 0 Å². The maximum atomic E-state index is 7.31.